The molecule has 0 fully saturated rings. The first-order valence-corrected chi connectivity index (χ1v) is 8.02. The summed E-state index contributed by atoms with van der Waals surface area (Å²) in [5, 5.41) is 6.86. The van der Waals surface area contributed by atoms with E-state index in [1.54, 1.807) is 51.0 Å². The summed E-state index contributed by atoms with van der Waals surface area (Å²) < 4.78 is 11.9. The van der Waals surface area contributed by atoms with Crippen LogP contribution in [0.25, 0.3) is 0 Å². The van der Waals surface area contributed by atoms with Crippen LogP contribution in [0, 0.1) is 0 Å². The summed E-state index contributed by atoms with van der Waals surface area (Å²) in [5.41, 5.74) is 1.22. The molecule has 0 aliphatic carbocycles. The number of hydrogen-bond acceptors (Lipinski definition) is 5. The number of methoxy groups -OCH3 is 1. The van der Waals surface area contributed by atoms with Gasteiger partial charge in [-0.25, -0.2) is 0 Å². The lowest BCUT2D eigenvalue weighted by atomic mass is 10.0. The molecule has 0 spiro atoms. The molecule has 0 unspecified atom stereocenters. The van der Waals surface area contributed by atoms with Crippen LogP contribution in [0.2, 0.25) is 0 Å². The number of nitrogens with one attached hydrogen (secondary N) is 1. The van der Waals surface area contributed by atoms with E-state index in [1.807, 2.05) is 12.1 Å². The predicted octanol–water partition coefficient (Wildman–Crippen LogP) is 2.24. The smallest absolute Gasteiger partial charge is 0.308 e. The van der Waals surface area contributed by atoms with Crippen LogP contribution in [0.5, 0.6) is 5.75 Å². The highest BCUT2D eigenvalue weighted by Crippen LogP contribution is 2.21. The van der Waals surface area contributed by atoms with Crippen molar-refractivity contribution < 1.29 is 19.1 Å². The molecule has 0 radical (unpaired) electrons. The van der Waals surface area contributed by atoms with E-state index in [0.717, 1.165) is 5.56 Å². The van der Waals surface area contributed by atoms with Gasteiger partial charge < -0.3 is 14.8 Å². The second kappa shape index (κ2) is 8.32. The number of carbonyl (C=O) groups excluding carboxylic acids is 2. The van der Waals surface area contributed by atoms with Crippen molar-refractivity contribution in [2.24, 2.45) is 7.05 Å². The molecule has 25 heavy (non-hydrogen) atoms. The van der Waals surface area contributed by atoms with Gasteiger partial charge in [-0.05, 0) is 31.5 Å². The third kappa shape index (κ3) is 5.34. The molecule has 1 aromatic carbocycles. The first-order chi connectivity index (χ1) is 11.9. The van der Waals surface area contributed by atoms with Gasteiger partial charge in [0, 0.05) is 13.2 Å². The molecular formula is C18H23N3O4. The minimum absolute atomic E-state index is 0.0382. The third-order valence-corrected chi connectivity index (χ3v) is 3.53. The molecule has 2 rings (SSSR count). The van der Waals surface area contributed by atoms with Crippen LogP contribution in [0.1, 0.15) is 42.2 Å². The molecule has 2 aromatic rings. The van der Waals surface area contributed by atoms with E-state index in [1.165, 1.54) is 6.20 Å². The molecule has 0 bridgehead atoms. The highest BCUT2D eigenvalue weighted by molar-refractivity contribution is 5.94. The van der Waals surface area contributed by atoms with Crippen LogP contribution in [0.3, 0.4) is 0 Å². The number of ether oxygens (including phenoxy) is 2. The molecule has 1 atom stereocenters. The highest BCUT2D eigenvalue weighted by Gasteiger charge is 2.21. The van der Waals surface area contributed by atoms with Gasteiger partial charge in [-0.3, -0.25) is 14.3 Å². The number of benzene rings is 1. The maximum absolute atomic E-state index is 12.4. The number of rotatable bonds is 7. The Morgan fingerprint density at radius 1 is 1.24 bits per heavy atom. The average Bonchev–Trinajstić information content (AvgIpc) is 3.00. The fourth-order valence-corrected chi connectivity index (χ4v) is 2.35. The van der Waals surface area contributed by atoms with Gasteiger partial charge in [0.25, 0.3) is 5.91 Å². The molecule has 1 aromatic heterocycles. The standard InChI is InChI=1S/C18H23N3O4/c1-12(2)25-17(22)9-16(13-5-7-15(24-4)8-6-13)20-18(23)14-10-19-21(3)11-14/h5-8,10-12,16H,9H2,1-4H3,(H,20,23)/t16-/m1/s1. The van der Waals surface area contributed by atoms with E-state index in [9.17, 15) is 9.59 Å². The molecule has 0 aliphatic heterocycles. The van der Waals surface area contributed by atoms with Crippen molar-refractivity contribution in [2.75, 3.05) is 7.11 Å². The fourth-order valence-electron chi connectivity index (χ4n) is 2.35. The van der Waals surface area contributed by atoms with Crippen molar-refractivity contribution in [2.45, 2.75) is 32.4 Å². The Morgan fingerprint density at radius 2 is 1.92 bits per heavy atom. The third-order valence-electron chi connectivity index (χ3n) is 3.53. The van der Waals surface area contributed by atoms with Crippen molar-refractivity contribution in [1.82, 2.24) is 15.1 Å². The van der Waals surface area contributed by atoms with Gasteiger partial charge >= 0.3 is 5.97 Å². The molecule has 1 amide bonds. The fraction of sp³-hybridized carbons (Fsp3) is 0.389. The Morgan fingerprint density at radius 3 is 2.44 bits per heavy atom. The Balaban J connectivity index is 2.18. The summed E-state index contributed by atoms with van der Waals surface area (Å²) in [6.45, 7) is 3.57. The lowest BCUT2D eigenvalue weighted by Gasteiger charge is -2.19. The first kappa shape index (κ1) is 18.5. The van der Waals surface area contributed by atoms with Gasteiger partial charge in [0.05, 0.1) is 37.4 Å². The molecule has 1 heterocycles. The zero-order chi connectivity index (χ0) is 18.4. The van der Waals surface area contributed by atoms with Gasteiger partial charge in [-0.1, -0.05) is 12.1 Å². The van der Waals surface area contributed by atoms with Crippen molar-refractivity contribution in [3.05, 3.63) is 47.8 Å². The summed E-state index contributed by atoms with van der Waals surface area (Å²) >= 11 is 0. The molecule has 0 saturated carbocycles. The number of aryl methyl sites for hydroxylation is 1. The first-order valence-electron chi connectivity index (χ1n) is 8.02. The molecule has 0 aliphatic rings. The maximum Gasteiger partial charge on any atom is 0.308 e. The van der Waals surface area contributed by atoms with Crippen molar-refractivity contribution in [3.8, 4) is 5.75 Å². The monoisotopic (exact) mass is 345 g/mol. The highest BCUT2D eigenvalue weighted by atomic mass is 16.5. The lowest BCUT2D eigenvalue weighted by Crippen LogP contribution is -2.31. The SMILES string of the molecule is COc1ccc([C@@H](CC(=O)OC(C)C)NC(=O)c2cnn(C)c2)cc1. The van der Waals surface area contributed by atoms with Gasteiger partial charge in [-0.15, -0.1) is 0 Å². The van der Waals surface area contributed by atoms with Crippen molar-refractivity contribution in [3.63, 3.8) is 0 Å². The Bertz CT molecular complexity index is 722. The summed E-state index contributed by atoms with van der Waals surface area (Å²) in [6.07, 6.45) is 2.92. The van der Waals surface area contributed by atoms with E-state index in [2.05, 4.69) is 10.4 Å². The number of hydrogen-bond donors (Lipinski definition) is 1. The zero-order valence-corrected chi connectivity index (χ0v) is 14.9. The Kier molecular flexibility index (Phi) is 6.16. The van der Waals surface area contributed by atoms with Crippen LogP contribution in [0.15, 0.2) is 36.7 Å². The minimum atomic E-state index is -0.509. The largest absolute Gasteiger partial charge is 0.497 e. The van der Waals surface area contributed by atoms with Gasteiger partial charge in [0.15, 0.2) is 0 Å². The Labute approximate surface area is 146 Å². The van der Waals surface area contributed by atoms with E-state index in [4.69, 9.17) is 9.47 Å². The van der Waals surface area contributed by atoms with E-state index < -0.39 is 6.04 Å². The molecular weight excluding hydrogens is 322 g/mol. The van der Waals surface area contributed by atoms with E-state index in [0.29, 0.717) is 11.3 Å². The second-order valence-electron chi connectivity index (χ2n) is 5.94. The number of nitrogens with zero attached hydrogens (tertiary/aromatic N) is 2. The van der Waals surface area contributed by atoms with Crippen LogP contribution in [0.4, 0.5) is 0 Å². The maximum atomic E-state index is 12.4. The van der Waals surface area contributed by atoms with Crippen LogP contribution in [-0.4, -0.2) is 34.9 Å². The van der Waals surface area contributed by atoms with Gasteiger partial charge in [-0.2, -0.15) is 5.10 Å². The van der Waals surface area contributed by atoms with E-state index >= 15 is 0 Å². The minimum Gasteiger partial charge on any atom is -0.497 e. The van der Waals surface area contributed by atoms with Crippen molar-refractivity contribution >= 4 is 11.9 Å². The molecule has 7 heteroatoms. The van der Waals surface area contributed by atoms with Gasteiger partial charge in [0.2, 0.25) is 0 Å². The second-order valence-corrected chi connectivity index (χ2v) is 5.94. The summed E-state index contributed by atoms with van der Waals surface area (Å²) in [5.74, 6) is 0.0272. The van der Waals surface area contributed by atoms with Crippen LogP contribution in [-0.2, 0) is 16.6 Å². The molecule has 134 valence electrons. The number of carbonyl (C=O) groups is 2. The van der Waals surface area contributed by atoms with Crippen molar-refractivity contribution in [1.29, 1.82) is 0 Å². The normalized spacial score (nSPS) is 11.9. The molecule has 0 saturated heterocycles. The lowest BCUT2D eigenvalue weighted by molar-refractivity contribution is -0.147. The zero-order valence-electron chi connectivity index (χ0n) is 14.9. The number of amides is 1. The number of esters is 1. The molecule has 7 nitrogen and oxygen atoms in total. The summed E-state index contributed by atoms with van der Waals surface area (Å²) in [7, 11) is 3.31. The topological polar surface area (TPSA) is 82.4 Å². The summed E-state index contributed by atoms with van der Waals surface area (Å²) in [6, 6.07) is 6.69. The average molecular weight is 345 g/mol. The van der Waals surface area contributed by atoms with Gasteiger partial charge in [0.1, 0.15) is 5.75 Å². The summed E-state index contributed by atoms with van der Waals surface area (Å²) in [4.78, 5) is 24.5. The number of aromatic nitrogens is 2. The molecule has 1 N–H and O–H groups in total. The van der Waals surface area contributed by atoms with Crippen LogP contribution >= 0.6 is 0 Å². The van der Waals surface area contributed by atoms with E-state index in [-0.39, 0.29) is 24.4 Å². The quantitative estimate of drug-likeness (QED) is 0.778. The predicted molar refractivity (Wildman–Crippen MR) is 92.3 cm³/mol. The Hall–Kier alpha value is -2.83. The van der Waals surface area contributed by atoms with Crippen LogP contribution < -0.4 is 10.1 Å².